The van der Waals surface area contributed by atoms with Gasteiger partial charge in [-0.15, -0.1) is 15.1 Å². The molecule has 3 rings (SSSR count). The van der Waals surface area contributed by atoms with Gasteiger partial charge >= 0.3 is 0 Å². The second-order valence-corrected chi connectivity index (χ2v) is 9.92. The first-order valence-corrected chi connectivity index (χ1v) is 12.1. The molecule has 0 saturated heterocycles. The summed E-state index contributed by atoms with van der Waals surface area (Å²) in [5, 5.41) is 51.9. The first-order chi connectivity index (χ1) is 17.9. The van der Waals surface area contributed by atoms with Gasteiger partial charge in [-0.2, -0.15) is 15.3 Å². The van der Waals surface area contributed by atoms with Gasteiger partial charge in [0.05, 0.1) is 29.3 Å². The number of aliphatic hydroxyl groups is 2. The van der Waals surface area contributed by atoms with Gasteiger partial charge in [0, 0.05) is 18.5 Å². The van der Waals surface area contributed by atoms with Gasteiger partial charge in [-0.3, -0.25) is 0 Å². The number of azo groups is 1. The molecule has 0 spiro atoms. The van der Waals surface area contributed by atoms with Crippen LogP contribution >= 0.6 is 0 Å². The highest BCUT2D eigenvalue weighted by Crippen LogP contribution is 2.36. The molecule has 2 unspecified atom stereocenters. The third-order valence-electron chi connectivity index (χ3n) is 5.31. The van der Waals surface area contributed by atoms with Gasteiger partial charge in [-0.1, -0.05) is 20.8 Å². The summed E-state index contributed by atoms with van der Waals surface area (Å²) in [7, 11) is 0. The number of hydrogen-bond acceptors (Lipinski definition) is 12. The minimum atomic E-state index is -0.659. The molecule has 200 valence electrons. The van der Waals surface area contributed by atoms with Gasteiger partial charge in [0.2, 0.25) is 5.95 Å². The highest BCUT2D eigenvalue weighted by atomic mass is 16.3. The Balaban J connectivity index is 2.16. The summed E-state index contributed by atoms with van der Waals surface area (Å²) in [6.45, 7) is 11.3. The Labute approximate surface area is 220 Å². The number of anilines is 2. The first kappa shape index (κ1) is 28.3. The molecule has 13 heteroatoms. The fraction of sp³-hybridized carbons (Fsp3) is 0.440. The third kappa shape index (κ3) is 6.72. The van der Waals surface area contributed by atoms with E-state index >= 15 is 0 Å². The Kier molecular flexibility index (Phi) is 8.82. The average Bonchev–Trinajstić information content (AvgIpc) is 3.24. The molecule has 0 aliphatic heterocycles. The second-order valence-electron chi connectivity index (χ2n) is 9.92. The fourth-order valence-electron chi connectivity index (χ4n) is 3.43. The molecule has 2 atom stereocenters. The van der Waals surface area contributed by atoms with Crippen LogP contribution in [-0.2, 0) is 5.41 Å². The minimum absolute atomic E-state index is 0.196. The van der Waals surface area contributed by atoms with Crippen LogP contribution < -0.4 is 10.6 Å². The summed E-state index contributed by atoms with van der Waals surface area (Å²) in [4.78, 5) is 19.7. The van der Waals surface area contributed by atoms with Crippen molar-refractivity contribution >= 4 is 29.0 Å². The lowest BCUT2D eigenvalue weighted by atomic mass is 9.90. The van der Waals surface area contributed by atoms with Crippen LogP contribution in [0.25, 0.3) is 5.69 Å². The number of nitriles is 1. The summed E-state index contributed by atoms with van der Waals surface area (Å²) in [5.74, 6) is 0.788. The molecule has 0 saturated carbocycles. The fourth-order valence-corrected chi connectivity index (χ4v) is 3.43. The van der Waals surface area contributed by atoms with Crippen molar-refractivity contribution < 1.29 is 10.2 Å². The van der Waals surface area contributed by atoms with Crippen molar-refractivity contribution in [2.24, 2.45) is 15.4 Å². The van der Waals surface area contributed by atoms with Gasteiger partial charge in [0.25, 0.3) is 0 Å². The number of hydrogen-bond donors (Lipinski definition) is 4. The highest BCUT2D eigenvalue weighted by Gasteiger charge is 2.28. The first-order valence-electron chi connectivity index (χ1n) is 12.1. The summed E-state index contributed by atoms with van der Waals surface area (Å²) in [5.41, 5.74) is 1.93. The molecular weight excluding hydrogens is 488 g/mol. The molecular formula is C25H32N10O3. The number of nitroso groups, excluding NO2 is 1. The number of nitrogens with zero attached hydrogens (tertiary/aromatic N) is 8. The minimum Gasteiger partial charge on any atom is -0.392 e. The van der Waals surface area contributed by atoms with Crippen LogP contribution in [0.1, 0.15) is 51.6 Å². The van der Waals surface area contributed by atoms with E-state index in [-0.39, 0.29) is 36.1 Å². The van der Waals surface area contributed by atoms with Crippen LogP contribution in [-0.4, -0.2) is 55.3 Å². The van der Waals surface area contributed by atoms with Gasteiger partial charge in [-0.25, -0.2) is 9.67 Å². The van der Waals surface area contributed by atoms with Crippen molar-refractivity contribution in [2.75, 3.05) is 23.7 Å². The summed E-state index contributed by atoms with van der Waals surface area (Å²) < 4.78 is 1.49. The molecule has 1 aromatic carbocycles. The number of aromatic nitrogens is 4. The third-order valence-corrected chi connectivity index (χ3v) is 5.31. The molecule has 0 aliphatic rings. The van der Waals surface area contributed by atoms with E-state index in [0.717, 1.165) is 0 Å². The topological polar surface area (TPSA) is 186 Å². The summed E-state index contributed by atoms with van der Waals surface area (Å²) in [6.07, 6.45) is -1.26. The molecule has 0 fully saturated rings. The Morgan fingerprint density at radius 1 is 1.05 bits per heavy atom. The molecule has 0 amide bonds. The number of aliphatic hydroxyl groups excluding tert-OH is 2. The van der Waals surface area contributed by atoms with E-state index in [1.54, 1.807) is 45.0 Å². The molecule has 0 aliphatic carbocycles. The smallest absolute Gasteiger partial charge is 0.225 e. The lowest BCUT2D eigenvalue weighted by molar-refractivity contribution is 0.208. The van der Waals surface area contributed by atoms with Gasteiger partial charge in [0.1, 0.15) is 23.0 Å². The molecule has 2 heterocycles. The molecule has 13 nitrogen and oxygen atoms in total. The Hall–Kier alpha value is -4.28. The highest BCUT2D eigenvalue weighted by molar-refractivity contribution is 5.65. The maximum absolute atomic E-state index is 10.9. The van der Waals surface area contributed by atoms with Crippen molar-refractivity contribution in [2.45, 2.75) is 59.2 Å². The van der Waals surface area contributed by atoms with Crippen LogP contribution in [0.5, 0.6) is 0 Å². The van der Waals surface area contributed by atoms with Gasteiger partial charge < -0.3 is 20.8 Å². The zero-order valence-corrected chi connectivity index (χ0v) is 22.3. The van der Waals surface area contributed by atoms with E-state index in [0.29, 0.717) is 28.6 Å². The zero-order chi connectivity index (χ0) is 28.0. The quantitative estimate of drug-likeness (QED) is 0.220. The molecule has 0 bridgehead atoms. The molecule has 0 radical (unpaired) electrons. The van der Waals surface area contributed by atoms with Crippen LogP contribution in [0.4, 0.5) is 29.0 Å². The summed E-state index contributed by atoms with van der Waals surface area (Å²) >= 11 is 0. The van der Waals surface area contributed by atoms with Crippen molar-refractivity contribution in [3.63, 3.8) is 0 Å². The number of aryl methyl sites for hydroxylation is 1. The van der Waals surface area contributed by atoms with Crippen LogP contribution in [0, 0.1) is 23.2 Å². The lowest BCUT2D eigenvalue weighted by Gasteiger charge is -2.15. The largest absolute Gasteiger partial charge is 0.392 e. The second kappa shape index (κ2) is 11.8. The predicted octanol–water partition coefficient (Wildman–Crippen LogP) is 4.54. The predicted molar refractivity (Wildman–Crippen MR) is 144 cm³/mol. The molecule has 4 N–H and O–H groups in total. The Bertz CT molecular complexity index is 1350. The van der Waals surface area contributed by atoms with E-state index in [1.807, 2.05) is 20.8 Å². The molecule has 38 heavy (non-hydrogen) atoms. The Morgan fingerprint density at radius 2 is 1.68 bits per heavy atom. The zero-order valence-electron chi connectivity index (χ0n) is 22.3. The van der Waals surface area contributed by atoms with E-state index in [2.05, 4.69) is 47.2 Å². The average molecular weight is 521 g/mol. The number of rotatable bonds is 10. The van der Waals surface area contributed by atoms with Crippen LogP contribution in [0.2, 0.25) is 0 Å². The van der Waals surface area contributed by atoms with E-state index in [1.165, 1.54) is 4.68 Å². The number of benzene rings is 1. The van der Waals surface area contributed by atoms with Crippen molar-refractivity contribution in [1.82, 2.24) is 19.7 Å². The van der Waals surface area contributed by atoms with Crippen LogP contribution in [0.15, 0.2) is 39.7 Å². The van der Waals surface area contributed by atoms with Crippen molar-refractivity contribution in [3.8, 4) is 11.8 Å². The van der Waals surface area contributed by atoms with Crippen molar-refractivity contribution in [1.29, 1.82) is 5.26 Å². The van der Waals surface area contributed by atoms with E-state index < -0.39 is 17.6 Å². The van der Waals surface area contributed by atoms with Crippen LogP contribution in [0.3, 0.4) is 0 Å². The van der Waals surface area contributed by atoms with Gasteiger partial charge in [-0.05, 0) is 50.2 Å². The van der Waals surface area contributed by atoms with Crippen molar-refractivity contribution in [3.05, 3.63) is 46.1 Å². The maximum Gasteiger partial charge on any atom is 0.225 e. The standard InChI is InChI=1S/C25H32N10O3/c1-14(36)12-27-22-20(16(3)29-24(30-22)28-13-15(2)37)31-32-23-19(11-26)21(25(4,5)6)33-35(23)18-9-7-17(34-38)8-10-18/h7-10,14-15,36-37H,12-13H2,1-6H3,(H2,27,28,29,30). The lowest BCUT2D eigenvalue weighted by Crippen LogP contribution is -2.19. The molecule has 3 aromatic rings. The summed E-state index contributed by atoms with van der Waals surface area (Å²) in [6, 6.07) is 8.61. The Morgan fingerprint density at radius 3 is 2.24 bits per heavy atom. The molecule has 2 aromatic heterocycles. The van der Waals surface area contributed by atoms with Gasteiger partial charge in [0.15, 0.2) is 11.6 Å². The maximum atomic E-state index is 10.9. The number of nitrogens with one attached hydrogen (secondary N) is 2. The monoisotopic (exact) mass is 520 g/mol. The van der Waals surface area contributed by atoms with E-state index in [4.69, 9.17) is 0 Å². The SMILES string of the molecule is Cc1nc(NCC(C)O)nc(NCC(C)O)c1N=Nc1c(C#N)c(C(C)(C)C)nn1-c1ccc(N=O)cc1. The normalized spacial score (nSPS) is 13.2. The van der Waals surface area contributed by atoms with E-state index in [9.17, 15) is 20.4 Å².